The van der Waals surface area contributed by atoms with Gasteiger partial charge >= 0.3 is 0 Å². The molecule has 3 aromatic rings. The van der Waals surface area contributed by atoms with E-state index in [0.717, 1.165) is 82.0 Å². The maximum Gasteiger partial charge on any atom is 0.274 e. The largest absolute Gasteiger partial charge is 0.484 e. The maximum atomic E-state index is 13.3. The normalized spacial score (nSPS) is 14.8. The first-order chi connectivity index (χ1) is 27.1. The fourth-order valence-electron chi connectivity index (χ4n) is 6.85. The van der Waals surface area contributed by atoms with Gasteiger partial charge in [0.25, 0.3) is 17.7 Å². The number of carbonyl (C=O) groups is 3. The van der Waals surface area contributed by atoms with Crippen molar-refractivity contribution < 1.29 is 37.8 Å². The molecule has 1 unspecified atom stereocenters. The molecule has 4 rings (SSSR count). The monoisotopic (exact) mass is 797 g/mol. The van der Waals surface area contributed by atoms with Crippen molar-refractivity contribution in [2.45, 2.75) is 57.4 Å². The average molecular weight is 798 g/mol. The minimum Gasteiger partial charge on any atom is -0.484 e. The average Bonchev–Trinajstić information content (AvgIpc) is 3.19. The number of quaternary nitrogens is 1. The number of nitrogens with zero attached hydrogens (tertiary/aromatic N) is 3. The Morgan fingerprint density at radius 1 is 0.768 bits per heavy atom. The molecule has 2 aromatic carbocycles. The van der Waals surface area contributed by atoms with Gasteiger partial charge in [-0.15, -0.1) is 0 Å². The molecule has 1 atom stereocenters. The Labute approximate surface area is 334 Å². The topological polar surface area (TPSA) is 202 Å². The SMILES string of the molecule is COCCCNC(=O)COc1ccc(CCC[N+]2(CCCc3ccc(OCC(=O)NCCCOC)cc3)CCCC(NC(=O)c3nc(Cl)c(N)nc3N)C2)cc1. The number of methoxy groups -OCH3 is 2. The molecule has 2 heterocycles. The molecule has 0 radical (unpaired) electrons. The first-order valence-electron chi connectivity index (χ1n) is 19.3. The molecule has 1 saturated heterocycles. The van der Waals surface area contributed by atoms with Crippen LogP contribution in [0.5, 0.6) is 11.5 Å². The van der Waals surface area contributed by atoms with E-state index in [0.29, 0.717) is 37.8 Å². The number of piperidine rings is 1. The number of hydrogen-bond acceptors (Lipinski definition) is 11. The Morgan fingerprint density at radius 3 is 1.79 bits per heavy atom. The third-order valence-corrected chi connectivity index (χ3v) is 10.0. The second-order valence-electron chi connectivity index (χ2n) is 14.1. The second-order valence-corrected chi connectivity index (χ2v) is 14.5. The molecule has 3 amide bonds. The van der Waals surface area contributed by atoms with E-state index >= 15 is 0 Å². The number of nitrogens with one attached hydrogen (secondary N) is 3. The summed E-state index contributed by atoms with van der Waals surface area (Å²) in [7, 11) is 3.27. The molecule has 1 fully saturated rings. The van der Waals surface area contributed by atoms with Crippen molar-refractivity contribution >= 4 is 41.0 Å². The van der Waals surface area contributed by atoms with Gasteiger partial charge in [0.2, 0.25) is 0 Å². The summed E-state index contributed by atoms with van der Waals surface area (Å²) >= 11 is 6.07. The highest BCUT2D eigenvalue weighted by Crippen LogP contribution is 2.25. The molecule has 0 spiro atoms. The van der Waals surface area contributed by atoms with Crippen LogP contribution in [0.3, 0.4) is 0 Å². The third kappa shape index (κ3) is 15.1. The van der Waals surface area contributed by atoms with Crippen LogP contribution >= 0.6 is 11.6 Å². The van der Waals surface area contributed by atoms with Gasteiger partial charge in [0.15, 0.2) is 35.7 Å². The number of aryl methyl sites for hydroxylation is 2. The number of ether oxygens (including phenoxy) is 4. The Bertz CT molecular complexity index is 1600. The molecule has 16 heteroatoms. The van der Waals surface area contributed by atoms with Gasteiger partial charge in [0, 0.05) is 53.4 Å². The van der Waals surface area contributed by atoms with Gasteiger partial charge in [0.1, 0.15) is 11.5 Å². The van der Waals surface area contributed by atoms with Crippen molar-refractivity contribution in [1.29, 1.82) is 0 Å². The number of halogens is 1. The van der Waals surface area contributed by atoms with Gasteiger partial charge in [0.05, 0.1) is 32.2 Å². The molecule has 0 bridgehead atoms. The first-order valence-corrected chi connectivity index (χ1v) is 19.7. The summed E-state index contributed by atoms with van der Waals surface area (Å²) in [4.78, 5) is 45.5. The second kappa shape index (κ2) is 23.4. The molecule has 0 aliphatic carbocycles. The van der Waals surface area contributed by atoms with Crippen LogP contribution in [0.2, 0.25) is 5.15 Å². The predicted octanol–water partition coefficient (Wildman–Crippen LogP) is 3.33. The highest BCUT2D eigenvalue weighted by molar-refractivity contribution is 6.31. The Morgan fingerprint density at radius 2 is 1.29 bits per heavy atom. The van der Waals surface area contributed by atoms with Crippen molar-refractivity contribution in [3.63, 3.8) is 0 Å². The molecule has 1 aliphatic heterocycles. The minimum atomic E-state index is -0.418. The summed E-state index contributed by atoms with van der Waals surface area (Å²) < 4.78 is 22.2. The van der Waals surface area contributed by atoms with Gasteiger partial charge in [-0.3, -0.25) is 14.4 Å². The third-order valence-electron chi connectivity index (χ3n) is 9.73. The quantitative estimate of drug-likeness (QED) is 0.0658. The number of likely N-dealkylation sites (tertiary alicyclic amines) is 1. The fraction of sp³-hybridized carbons (Fsp3) is 0.525. The fourth-order valence-corrected chi connectivity index (χ4v) is 6.98. The summed E-state index contributed by atoms with van der Waals surface area (Å²) in [5, 5.41) is 8.73. The van der Waals surface area contributed by atoms with E-state index in [2.05, 4.69) is 25.9 Å². The zero-order valence-corrected chi connectivity index (χ0v) is 33.4. The summed E-state index contributed by atoms with van der Waals surface area (Å²) in [5.74, 6) is 0.458. The number of carbonyl (C=O) groups excluding carboxylic acids is 3. The van der Waals surface area contributed by atoms with E-state index < -0.39 is 5.91 Å². The van der Waals surface area contributed by atoms with Crippen LogP contribution in [0, 0.1) is 0 Å². The Kier molecular flexibility index (Phi) is 18.4. The van der Waals surface area contributed by atoms with Crippen LogP contribution in [0.15, 0.2) is 48.5 Å². The summed E-state index contributed by atoms with van der Waals surface area (Å²) in [6.07, 6.45) is 6.93. The zero-order chi connectivity index (χ0) is 40.2. The molecule has 1 aromatic heterocycles. The highest BCUT2D eigenvalue weighted by atomic mass is 35.5. The van der Waals surface area contributed by atoms with Gasteiger partial charge in [-0.1, -0.05) is 35.9 Å². The maximum absolute atomic E-state index is 13.3. The van der Waals surface area contributed by atoms with Crippen LogP contribution in [0.4, 0.5) is 11.6 Å². The molecule has 0 saturated carbocycles. The lowest BCUT2D eigenvalue weighted by atomic mass is 9.99. The Balaban J connectivity index is 1.33. The number of amides is 3. The molecule has 15 nitrogen and oxygen atoms in total. The van der Waals surface area contributed by atoms with Crippen LogP contribution in [0.1, 0.15) is 60.1 Å². The number of rotatable bonds is 24. The van der Waals surface area contributed by atoms with Crippen molar-refractivity contribution in [2.24, 2.45) is 0 Å². The smallest absolute Gasteiger partial charge is 0.274 e. The zero-order valence-electron chi connectivity index (χ0n) is 32.7. The van der Waals surface area contributed by atoms with Crippen molar-refractivity contribution in [1.82, 2.24) is 25.9 Å². The molecule has 56 heavy (non-hydrogen) atoms. The van der Waals surface area contributed by atoms with Crippen molar-refractivity contribution in [3.8, 4) is 11.5 Å². The van der Waals surface area contributed by atoms with Crippen LogP contribution < -0.4 is 36.9 Å². The van der Waals surface area contributed by atoms with Crippen LogP contribution in [-0.2, 0) is 31.9 Å². The van der Waals surface area contributed by atoms with Crippen molar-refractivity contribution in [3.05, 3.63) is 70.5 Å². The standard InChI is InChI=1S/C40H57ClN8O7/c1-53-24-6-19-44-34(50)27-55-32-15-11-29(12-16-32)8-3-21-49(23-5-10-31(26-49)46-40(52)36-38(42)48-39(43)37(41)47-36)22-4-9-30-13-17-33(18-14-30)56-28-35(51)45-20-7-25-54-2/h11-18,31H,3-10,19-28H2,1-2H3,(H6-,42,43,44,45,46,48,50,51,52)/p+1. The van der Waals surface area contributed by atoms with Gasteiger partial charge < -0.3 is 50.8 Å². The summed E-state index contributed by atoms with van der Waals surface area (Å²) in [6.45, 7) is 5.84. The van der Waals surface area contributed by atoms with Crippen LogP contribution in [-0.4, -0.2) is 118 Å². The number of nitrogens with two attached hydrogens (primary N) is 2. The lowest BCUT2D eigenvalue weighted by Crippen LogP contribution is -2.60. The number of aromatic nitrogens is 2. The van der Waals surface area contributed by atoms with Gasteiger partial charge in [-0.2, -0.15) is 0 Å². The lowest BCUT2D eigenvalue weighted by molar-refractivity contribution is -0.933. The number of benzene rings is 2. The number of hydrogen-bond donors (Lipinski definition) is 5. The highest BCUT2D eigenvalue weighted by Gasteiger charge is 2.35. The van der Waals surface area contributed by atoms with Gasteiger partial charge in [-0.05, 0) is 73.9 Å². The predicted molar refractivity (Wildman–Crippen MR) is 216 cm³/mol. The minimum absolute atomic E-state index is 0.0213. The molecular formula is C40H58ClN8O7+. The van der Waals surface area contributed by atoms with E-state index in [9.17, 15) is 14.4 Å². The van der Waals surface area contributed by atoms with E-state index in [-0.39, 0.29) is 53.6 Å². The van der Waals surface area contributed by atoms with E-state index in [1.165, 1.54) is 11.1 Å². The number of anilines is 2. The van der Waals surface area contributed by atoms with E-state index in [4.69, 9.17) is 42.0 Å². The Hall–Kier alpha value is -4.70. The van der Waals surface area contributed by atoms with Gasteiger partial charge in [-0.25, -0.2) is 9.97 Å². The molecular weight excluding hydrogens is 740 g/mol. The van der Waals surface area contributed by atoms with Crippen molar-refractivity contribution in [2.75, 3.05) is 91.4 Å². The molecule has 306 valence electrons. The molecule has 7 N–H and O–H groups in total. The van der Waals surface area contributed by atoms with E-state index in [1.807, 2.05) is 48.5 Å². The molecule has 1 aliphatic rings. The first kappa shape index (κ1) is 44.0. The van der Waals surface area contributed by atoms with E-state index in [1.54, 1.807) is 14.2 Å². The summed E-state index contributed by atoms with van der Waals surface area (Å²) in [5.41, 5.74) is 14.0. The summed E-state index contributed by atoms with van der Waals surface area (Å²) in [6, 6.07) is 15.7. The number of nitrogen functional groups attached to an aromatic ring is 2. The van der Waals surface area contributed by atoms with Crippen LogP contribution in [0.25, 0.3) is 0 Å². The lowest BCUT2D eigenvalue weighted by Gasteiger charge is -2.45.